The molecule has 0 saturated heterocycles. The summed E-state index contributed by atoms with van der Waals surface area (Å²) in [5.74, 6) is 0.910. The SMILES string of the molecule is COc1cccc(CCNc2ccc(NC(=O)CCc3ccccc3)cc2)c1. The van der Waals surface area contributed by atoms with E-state index >= 15 is 0 Å². The smallest absolute Gasteiger partial charge is 0.224 e. The van der Waals surface area contributed by atoms with E-state index in [2.05, 4.69) is 22.8 Å². The quantitative estimate of drug-likeness (QED) is 0.559. The van der Waals surface area contributed by atoms with E-state index < -0.39 is 0 Å². The van der Waals surface area contributed by atoms with Crippen molar-refractivity contribution in [3.05, 3.63) is 90.0 Å². The van der Waals surface area contributed by atoms with E-state index in [4.69, 9.17) is 4.74 Å². The topological polar surface area (TPSA) is 50.4 Å². The number of ether oxygens (including phenoxy) is 1. The van der Waals surface area contributed by atoms with Crippen molar-refractivity contribution in [3.8, 4) is 5.75 Å². The van der Waals surface area contributed by atoms with E-state index in [-0.39, 0.29) is 5.91 Å². The predicted octanol–water partition coefficient (Wildman–Crippen LogP) is 4.92. The molecule has 0 aromatic heterocycles. The zero-order valence-corrected chi connectivity index (χ0v) is 16.2. The van der Waals surface area contributed by atoms with Gasteiger partial charge in [-0.2, -0.15) is 0 Å². The summed E-state index contributed by atoms with van der Waals surface area (Å²) in [5.41, 5.74) is 4.25. The van der Waals surface area contributed by atoms with Crippen LogP contribution in [0.1, 0.15) is 17.5 Å². The number of hydrogen-bond donors (Lipinski definition) is 2. The second-order valence-electron chi connectivity index (χ2n) is 6.64. The molecule has 28 heavy (non-hydrogen) atoms. The molecular formula is C24H26N2O2. The van der Waals surface area contributed by atoms with E-state index in [0.717, 1.165) is 36.5 Å². The molecule has 2 N–H and O–H groups in total. The monoisotopic (exact) mass is 374 g/mol. The lowest BCUT2D eigenvalue weighted by atomic mass is 10.1. The van der Waals surface area contributed by atoms with Crippen molar-refractivity contribution in [2.75, 3.05) is 24.3 Å². The summed E-state index contributed by atoms with van der Waals surface area (Å²) in [7, 11) is 1.68. The molecule has 1 amide bonds. The van der Waals surface area contributed by atoms with Gasteiger partial charge in [0.25, 0.3) is 0 Å². The maximum Gasteiger partial charge on any atom is 0.224 e. The Morgan fingerprint density at radius 3 is 2.29 bits per heavy atom. The number of carbonyl (C=O) groups excluding carboxylic acids is 1. The molecule has 0 aliphatic heterocycles. The molecule has 0 atom stereocenters. The van der Waals surface area contributed by atoms with Crippen molar-refractivity contribution < 1.29 is 9.53 Å². The number of hydrogen-bond acceptors (Lipinski definition) is 3. The molecule has 144 valence electrons. The first-order valence-electron chi connectivity index (χ1n) is 9.53. The van der Waals surface area contributed by atoms with E-state index in [0.29, 0.717) is 6.42 Å². The van der Waals surface area contributed by atoms with Gasteiger partial charge in [-0.05, 0) is 60.4 Å². The largest absolute Gasteiger partial charge is 0.497 e. The van der Waals surface area contributed by atoms with Crippen LogP contribution < -0.4 is 15.4 Å². The normalized spacial score (nSPS) is 10.3. The van der Waals surface area contributed by atoms with Crippen LogP contribution in [-0.4, -0.2) is 19.6 Å². The lowest BCUT2D eigenvalue weighted by Crippen LogP contribution is -2.12. The number of aryl methyl sites for hydroxylation is 1. The Morgan fingerprint density at radius 1 is 0.821 bits per heavy atom. The number of benzene rings is 3. The molecule has 0 fully saturated rings. The molecule has 0 radical (unpaired) electrons. The Kier molecular flexibility index (Phi) is 7.08. The molecular weight excluding hydrogens is 348 g/mol. The molecule has 3 rings (SSSR count). The van der Waals surface area contributed by atoms with Crippen molar-refractivity contribution in [1.29, 1.82) is 0 Å². The van der Waals surface area contributed by atoms with E-state index in [9.17, 15) is 4.79 Å². The Balaban J connectivity index is 1.42. The standard InChI is InChI=1S/C24H26N2O2/c1-28-23-9-5-8-20(18-23)16-17-25-21-11-13-22(14-12-21)26-24(27)15-10-19-6-3-2-4-7-19/h2-9,11-14,18,25H,10,15-17H2,1H3,(H,26,27). The van der Waals surface area contributed by atoms with Crippen LogP contribution in [0.25, 0.3) is 0 Å². The van der Waals surface area contributed by atoms with Crippen LogP contribution in [0.3, 0.4) is 0 Å². The van der Waals surface area contributed by atoms with Crippen LogP contribution in [0.2, 0.25) is 0 Å². The highest BCUT2D eigenvalue weighted by Gasteiger charge is 2.03. The van der Waals surface area contributed by atoms with Gasteiger partial charge in [0.1, 0.15) is 5.75 Å². The molecule has 3 aromatic rings. The van der Waals surface area contributed by atoms with Crippen molar-refractivity contribution >= 4 is 17.3 Å². The van der Waals surface area contributed by atoms with Crippen molar-refractivity contribution in [3.63, 3.8) is 0 Å². The Bertz CT molecular complexity index is 877. The summed E-state index contributed by atoms with van der Waals surface area (Å²) in [6.45, 7) is 0.829. The third kappa shape index (κ3) is 6.16. The summed E-state index contributed by atoms with van der Waals surface area (Å²) in [6, 6.07) is 26.0. The molecule has 0 aliphatic rings. The van der Waals surface area contributed by atoms with Crippen molar-refractivity contribution in [2.24, 2.45) is 0 Å². The van der Waals surface area contributed by atoms with Crippen LogP contribution in [0.5, 0.6) is 5.75 Å². The van der Waals surface area contributed by atoms with Gasteiger partial charge in [-0.1, -0.05) is 42.5 Å². The highest BCUT2D eigenvalue weighted by Crippen LogP contribution is 2.16. The summed E-state index contributed by atoms with van der Waals surface area (Å²) in [6.07, 6.45) is 2.14. The van der Waals surface area contributed by atoms with E-state index in [1.54, 1.807) is 7.11 Å². The van der Waals surface area contributed by atoms with Gasteiger partial charge in [0.15, 0.2) is 0 Å². The summed E-state index contributed by atoms with van der Waals surface area (Å²) < 4.78 is 5.25. The first kappa shape index (κ1) is 19.5. The zero-order valence-electron chi connectivity index (χ0n) is 16.2. The molecule has 0 bridgehead atoms. The van der Waals surface area contributed by atoms with Crippen molar-refractivity contribution in [1.82, 2.24) is 0 Å². The molecule has 3 aromatic carbocycles. The molecule has 4 nitrogen and oxygen atoms in total. The second-order valence-corrected chi connectivity index (χ2v) is 6.64. The Hall–Kier alpha value is -3.27. The average Bonchev–Trinajstić information content (AvgIpc) is 2.74. The van der Waals surface area contributed by atoms with Gasteiger partial charge >= 0.3 is 0 Å². The molecule has 4 heteroatoms. The fourth-order valence-corrected chi connectivity index (χ4v) is 2.98. The average molecular weight is 374 g/mol. The summed E-state index contributed by atoms with van der Waals surface area (Å²) in [4.78, 5) is 12.1. The third-order valence-electron chi connectivity index (χ3n) is 4.53. The Labute approximate surface area is 166 Å². The van der Waals surface area contributed by atoms with Gasteiger partial charge in [0.2, 0.25) is 5.91 Å². The number of amides is 1. The Morgan fingerprint density at radius 2 is 1.54 bits per heavy atom. The first-order chi connectivity index (χ1) is 13.7. The maximum absolute atomic E-state index is 12.1. The molecule has 0 unspecified atom stereocenters. The minimum Gasteiger partial charge on any atom is -0.497 e. The van der Waals surface area contributed by atoms with Gasteiger partial charge in [0, 0.05) is 24.3 Å². The lowest BCUT2D eigenvalue weighted by Gasteiger charge is -2.09. The number of rotatable bonds is 9. The second kappa shape index (κ2) is 10.2. The molecule has 0 heterocycles. The summed E-state index contributed by atoms with van der Waals surface area (Å²) >= 11 is 0. The first-order valence-corrected chi connectivity index (χ1v) is 9.53. The van der Waals surface area contributed by atoms with Crippen LogP contribution in [0, 0.1) is 0 Å². The minimum absolute atomic E-state index is 0.0302. The van der Waals surface area contributed by atoms with E-state index in [1.807, 2.05) is 66.7 Å². The van der Waals surface area contributed by atoms with Crippen LogP contribution >= 0.6 is 0 Å². The highest BCUT2D eigenvalue weighted by atomic mass is 16.5. The molecule has 0 saturated carbocycles. The van der Waals surface area contributed by atoms with Crippen LogP contribution in [0.4, 0.5) is 11.4 Å². The summed E-state index contributed by atoms with van der Waals surface area (Å²) in [5, 5.41) is 6.36. The van der Waals surface area contributed by atoms with Gasteiger partial charge < -0.3 is 15.4 Å². The highest BCUT2D eigenvalue weighted by molar-refractivity contribution is 5.91. The van der Waals surface area contributed by atoms with Crippen LogP contribution in [0.15, 0.2) is 78.9 Å². The number of nitrogens with one attached hydrogen (secondary N) is 2. The minimum atomic E-state index is 0.0302. The fraction of sp³-hybridized carbons (Fsp3) is 0.208. The van der Waals surface area contributed by atoms with Gasteiger partial charge in [-0.15, -0.1) is 0 Å². The fourth-order valence-electron chi connectivity index (χ4n) is 2.98. The maximum atomic E-state index is 12.1. The molecule has 0 aliphatic carbocycles. The lowest BCUT2D eigenvalue weighted by molar-refractivity contribution is -0.116. The van der Waals surface area contributed by atoms with E-state index in [1.165, 1.54) is 11.1 Å². The number of methoxy groups -OCH3 is 1. The third-order valence-corrected chi connectivity index (χ3v) is 4.53. The number of anilines is 2. The molecule has 0 spiro atoms. The van der Waals surface area contributed by atoms with Crippen LogP contribution in [-0.2, 0) is 17.6 Å². The zero-order chi connectivity index (χ0) is 19.6. The van der Waals surface area contributed by atoms with Crippen molar-refractivity contribution in [2.45, 2.75) is 19.3 Å². The van der Waals surface area contributed by atoms with Gasteiger partial charge in [-0.3, -0.25) is 4.79 Å². The predicted molar refractivity (Wildman–Crippen MR) is 115 cm³/mol. The number of carbonyl (C=O) groups is 1. The van der Waals surface area contributed by atoms with Gasteiger partial charge in [0.05, 0.1) is 7.11 Å². The van der Waals surface area contributed by atoms with Gasteiger partial charge in [-0.25, -0.2) is 0 Å².